The van der Waals surface area contributed by atoms with Gasteiger partial charge in [-0.2, -0.15) is 0 Å². The molecule has 0 aliphatic rings. The molecule has 1 aromatic carbocycles. The van der Waals surface area contributed by atoms with Crippen LogP contribution in [0, 0.1) is 0 Å². The lowest BCUT2D eigenvalue weighted by atomic mass is 10.2. The van der Waals surface area contributed by atoms with E-state index in [-0.39, 0.29) is 18.0 Å². The van der Waals surface area contributed by atoms with Crippen molar-refractivity contribution in [3.8, 4) is 11.5 Å². The molecule has 1 N–H and O–H groups in total. The van der Waals surface area contributed by atoms with E-state index in [0.29, 0.717) is 11.5 Å². The van der Waals surface area contributed by atoms with Crippen LogP contribution in [0.2, 0.25) is 0 Å². The van der Waals surface area contributed by atoms with Crippen molar-refractivity contribution in [2.45, 2.75) is 0 Å². The third-order valence-corrected chi connectivity index (χ3v) is 1.64. The van der Waals surface area contributed by atoms with Gasteiger partial charge in [-0.15, -0.1) is 12.4 Å². The molecule has 0 atom stereocenters. The topological polar surface area (TPSA) is 55.8 Å². The Bertz CT molecular complexity index is 302. The van der Waals surface area contributed by atoms with Gasteiger partial charge in [0.15, 0.2) is 0 Å². The molecule has 0 amide bonds. The van der Waals surface area contributed by atoms with Crippen LogP contribution in [0.15, 0.2) is 18.2 Å². The minimum Gasteiger partial charge on any atom is -0.496 e. The van der Waals surface area contributed by atoms with E-state index in [1.54, 1.807) is 18.2 Å². The molecule has 1 rings (SSSR count). The van der Waals surface area contributed by atoms with Crippen molar-refractivity contribution in [1.29, 1.82) is 0 Å². The standard InChI is InChI=1S/C9H10O4.ClH/c1-12-6-4-3-5-7(13-2)8(6)9(10)11;/h3-5H,1-2H3,(H,10,11);1H. The summed E-state index contributed by atoms with van der Waals surface area (Å²) in [5.41, 5.74) is 0.0486. The number of ether oxygens (including phenoxy) is 2. The average molecular weight is 219 g/mol. The van der Waals surface area contributed by atoms with Gasteiger partial charge < -0.3 is 14.6 Å². The highest BCUT2D eigenvalue weighted by molar-refractivity contribution is 5.94. The Hall–Kier alpha value is -1.42. The fourth-order valence-electron chi connectivity index (χ4n) is 1.06. The van der Waals surface area contributed by atoms with Gasteiger partial charge >= 0.3 is 5.97 Å². The number of carbonyl (C=O) groups is 1. The van der Waals surface area contributed by atoms with E-state index in [9.17, 15) is 4.79 Å². The molecule has 0 saturated carbocycles. The fraction of sp³-hybridized carbons (Fsp3) is 0.222. The summed E-state index contributed by atoms with van der Waals surface area (Å²) in [5, 5.41) is 8.85. The molecule has 1 aromatic rings. The first-order chi connectivity index (χ1) is 6.20. The smallest absolute Gasteiger partial charge is 0.343 e. The molecule has 0 radical (unpaired) electrons. The SMILES string of the molecule is COc1cccc(OC)c1C(=O)O.Cl. The van der Waals surface area contributed by atoms with Crippen molar-refractivity contribution >= 4 is 18.4 Å². The molecule has 0 fully saturated rings. The molecular weight excluding hydrogens is 208 g/mol. The van der Waals surface area contributed by atoms with Crippen molar-refractivity contribution in [3.63, 3.8) is 0 Å². The molecule has 0 saturated heterocycles. The maximum Gasteiger partial charge on any atom is 0.343 e. The molecule has 0 heterocycles. The predicted octanol–water partition coefficient (Wildman–Crippen LogP) is 1.82. The number of hydrogen-bond donors (Lipinski definition) is 1. The van der Waals surface area contributed by atoms with Crippen molar-refractivity contribution in [3.05, 3.63) is 23.8 Å². The van der Waals surface area contributed by atoms with Crippen LogP contribution in [-0.2, 0) is 0 Å². The predicted molar refractivity (Wildman–Crippen MR) is 53.8 cm³/mol. The summed E-state index contributed by atoms with van der Waals surface area (Å²) in [6.07, 6.45) is 0. The maximum absolute atomic E-state index is 10.8. The molecule has 78 valence electrons. The number of rotatable bonds is 3. The minimum atomic E-state index is -1.06. The number of hydrogen-bond acceptors (Lipinski definition) is 3. The van der Waals surface area contributed by atoms with Gasteiger partial charge in [0.1, 0.15) is 17.1 Å². The average Bonchev–Trinajstić information content (AvgIpc) is 2.16. The van der Waals surface area contributed by atoms with Crippen molar-refractivity contribution in [2.75, 3.05) is 14.2 Å². The van der Waals surface area contributed by atoms with Crippen LogP contribution in [-0.4, -0.2) is 25.3 Å². The van der Waals surface area contributed by atoms with Gasteiger partial charge in [-0.1, -0.05) is 6.07 Å². The lowest BCUT2D eigenvalue weighted by molar-refractivity contribution is 0.0689. The van der Waals surface area contributed by atoms with Crippen LogP contribution in [0.25, 0.3) is 0 Å². The Labute approximate surface area is 87.9 Å². The number of halogens is 1. The molecule has 5 heteroatoms. The Morgan fingerprint density at radius 2 is 1.64 bits per heavy atom. The van der Waals surface area contributed by atoms with Gasteiger partial charge in [0, 0.05) is 0 Å². The van der Waals surface area contributed by atoms with Gasteiger partial charge in [-0.25, -0.2) is 4.79 Å². The van der Waals surface area contributed by atoms with E-state index in [4.69, 9.17) is 14.6 Å². The zero-order chi connectivity index (χ0) is 9.84. The van der Waals surface area contributed by atoms with E-state index in [1.807, 2.05) is 0 Å². The summed E-state index contributed by atoms with van der Waals surface area (Å²) in [5.74, 6) is -0.465. The van der Waals surface area contributed by atoms with Gasteiger partial charge in [0.25, 0.3) is 0 Å². The first-order valence-electron chi connectivity index (χ1n) is 3.65. The quantitative estimate of drug-likeness (QED) is 0.841. The second-order valence-corrected chi connectivity index (χ2v) is 2.34. The highest BCUT2D eigenvalue weighted by Crippen LogP contribution is 2.27. The van der Waals surface area contributed by atoms with Crippen LogP contribution in [0.4, 0.5) is 0 Å². The third-order valence-electron chi connectivity index (χ3n) is 1.64. The van der Waals surface area contributed by atoms with Gasteiger partial charge in [-0.05, 0) is 12.1 Å². The summed E-state index contributed by atoms with van der Waals surface area (Å²) in [6.45, 7) is 0. The normalized spacial score (nSPS) is 8.71. The van der Waals surface area contributed by atoms with Crippen LogP contribution in [0.5, 0.6) is 11.5 Å². The van der Waals surface area contributed by atoms with Gasteiger partial charge in [-0.3, -0.25) is 0 Å². The first kappa shape index (κ1) is 12.6. The second kappa shape index (κ2) is 5.34. The lowest BCUT2D eigenvalue weighted by Gasteiger charge is -2.08. The van der Waals surface area contributed by atoms with Crippen LogP contribution < -0.4 is 9.47 Å². The van der Waals surface area contributed by atoms with E-state index < -0.39 is 5.97 Å². The molecule has 14 heavy (non-hydrogen) atoms. The monoisotopic (exact) mass is 218 g/mol. The number of carboxylic acid groups (broad SMARTS) is 1. The summed E-state index contributed by atoms with van der Waals surface area (Å²) in [6, 6.07) is 4.82. The molecule has 0 aliphatic carbocycles. The van der Waals surface area contributed by atoms with E-state index >= 15 is 0 Å². The zero-order valence-electron chi connectivity index (χ0n) is 7.81. The van der Waals surface area contributed by atoms with Crippen molar-refractivity contribution in [2.24, 2.45) is 0 Å². The van der Waals surface area contributed by atoms with Crippen LogP contribution >= 0.6 is 12.4 Å². The molecule has 0 unspecified atom stereocenters. The number of methoxy groups -OCH3 is 2. The van der Waals surface area contributed by atoms with E-state index in [2.05, 4.69) is 0 Å². The zero-order valence-corrected chi connectivity index (χ0v) is 8.63. The van der Waals surface area contributed by atoms with Gasteiger partial charge in [0.2, 0.25) is 0 Å². The maximum atomic E-state index is 10.8. The third kappa shape index (κ3) is 2.29. The summed E-state index contributed by atoms with van der Waals surface area (Å²) >= 11 is 0. The molecule has 0 bridgehead atoms. The van der Waals surface area contributed by atoms with Gasteiger partial charge in [0.05, 0.1) is 14.2 Å². The molecule has 4 nitrogen and oxygen atoms in total. The molecule has 0 spiro atoms. The lowest BCUT2D eigenvalue weighted by Crippen LogP contribution is -2.03. The summed E-state index contributed by atoms with van der Waals surface area (Å²) in [7, 11) is 2.84. The summed E-state index contributed by atoms with van der Waals surface area (Å²) in [4.78, 5) is 10.8. The molecule has 0 aromatic heterocycles. The summed E-state index contributed by atoms with van der Waals surface area (Å²) < 4.78 is 9.78. The fourth-order valence-corrected chi connectivity index (χ4v) is 1.06. The highest BCUT2D eigenvalue weighted by atomic mass is 35.5. The van der Waals surface area contributed by atoms with Crippen molar-refractivity contribution in [1.82, 2.24) is 0 Å². The van der Waals surface area contributed by atoms with Crippen LogP contribution in [0.3, 0.4) is 0 Å². The first-order valence-corrected chi connectivity index (χ1v) is 3.65. The Balaban J connectivity index is 0.00000169. The largest absolute Gasteiger partial charge is 0.496 e. The number of aromatic carboxylic acids is 1. The minimum absolute atomic E-state index is 0. The van der Waals surface area contributed by atoms with E-state index in [0.717, 1.165) is 0 Å². The number of benzene rings is 1. The Kier molecular flexibility index (Phi) is 4.80. The number of carboxylic acids is 1. The van der Waals surface area contributed by atoms with Crippen LogP contribution in [0.1, 0.15) is 10.4 Å². The van der Waals surface area contributed by atoms with Crippen molar-refractivity contribution < 1.29 is 19.4 Å². The van der Waals surface area contributed by atoms with E-state index in [1.165, 1.54) is 14.2 Å². The second-order valence-electron chi connectivity index (χ2n) is 2.34. The Morgan fingerprint density at radius 1 is 1.21 bits per heavy atom. The molecular formula is C9H11ClO4. The molecule has 0 aliphatic heterocycles. The highest BCUT2D eigenvalue weighted by Gasteiger charge is 2.16. The Morgan fingerprint density at radius 3 is 1.93 bits per heavy atom.